The smallest absolute Gasteiger partial charge is 0.266 e. The molecule has 3 aromatic rings. The molecule has 11 heteroatoms. The van der Waals surface area contributed by atoms with E-state index in [1.807, 2.05) is 12.1 Å². The molecule has 2 aliphatic rings. The SMILES string of the molecule is COc1cc(/C=C2\SC(=S)N(C3CC(=O)N(c4ccc(O)cc4)C3=O)C2=O)ccc1OCc1ccc(Cl)cc1. The van der Waals surface area contributed by atoms with E-state index in [0.29, 0.717) is 39.3 Å². The second-order valence-corrected chi connectivity index (χ2v) is 10.8. The van der Waals surface area contributed by atoms with Crippen molar-refractivity contribution >= 4 is 69.4 Å². The summed E-state index contributed by atoms with van der Waals surface area (Å²) in [6.45, 7) is 0.320. The average Bonchev–Trinajstić information content (AvgIpc) is 3.37. The van der Waals surface area contributed by atoms with Crippen LogP contribution in [0.2, 0.25) is 5.02 Å². The highest BCUT2D eigenvalue weighted by atomic mass is 35.5. The van der Waals surface area contributed by atoms with Gasteiger partial charge >= 0.3 is 0 Å². The lowest BCUT2D eigenvalue weighted by Crippen LogP contribution is -2.44. The molecule has 198 valence electrons. The Labute approximate surface area is 238 Å². The zero-order chi connectivity index (χ0) is 27.7. The van der Waals surface area contributed by atoms with Gasteiger partial charge in [-0.1, -0.05) is 53.8 Å². The number of hydrogen-bond acceptors (Lipinski definition) is 8. The van der Waals surface area contributed by atoms with Gasteiger partial charge in [-0.05, 0) is 65.7 Å². The summed E-state index contributed by atoms with van der Waals surface area (Å²) in [6.07, 6.45) is 1.47. The molecule has 0 radical (unpaired) electrons. The van der Waals surface area contributed by atoms with Crippen LogP contribution in [0.15, 0.2) is 71.6 Å². The fourth-order valence-corrected chi connectivity index (χ4v) is 5.71. The van der Waals surface area contributed by atoms with Crippen molar-refractivity contribution in [2.45, 2.75) is 19.1 Å². The van der Waals surface area contributed by atoms with Crippen molar-refractivity contribution in [3.8, 4) is 17.2 Å². The van der Waals surface area contributed by atoms with E-state index in [-0.39, 0.29) is 16.5 Å². The van der Waals surface area contributed by atoms with Crippen LogP contribution >= 0.6 is 35.6 Å². The molecular weight excluding hydrogens is 560 g/mol. The van der Waals surface area contributed by atoms with Crippen LogP contribution in [0.4, 0.5) is 5.69 Å². The zero-order valence-electron chi connectivity index (χ0n) is 20.5. The lowest BCUT2D eigenvalue weighted by atomic mass is 10.1. The molecule has 5 rings (SSSR count). The number of imide groups is 1. The van der Waals surface area contributed by atoms with Gasteiger partial charge in [0.1, 0.15) is 22.7 Å². The number of rotatable bonds is 7. The Morgan fingerprint density at radius 3 is 2.46 bits per heavy atom. The van der Waals surface area contributed by atoms with Crippen LogP contribution in [0.3, 0.4) is 0 Å². The molecule has 1 unspecified atom stereocenters. The van der Waals surface area contributed by atoms with Crippen molar-refractivity contribution in [3.05, 3.63) is 87.8 Å². The summed E-state index contributed by atoms with van der Waals surface area (Å²) in [5.74, 6) is -0.435. The first kappa shape index (κ1) is 26.7. The minimum absolute atomic E-state index is 0.00857. The molecular formula is C28H21ClN2O6S2. The summed E-state index contributed by atoms with van der Waals surface area (Å²) >= 11 is 12.4. The highest BCUT2D eigenvalue weighted by Gasteiger charge is 2.48. The lowest BCUT2D eigenvalue weighted by Gasteiger charge is -2.21. The first-order chi connectivity index (χ1) is 18.7. The van der Waals surface area contributed by atoms with Crippen LogP contribution in [0.25, 0.3) is 6.08 Å². The summed E-state index contributed by atoms with van der Waals surface area (Å²) in [5, 5.41) is 10.2. The van der Waals surface area contributed by atoms with Gasteiger partial charge in [0.05, 0.1) is 24.1 Å². The summed E-state index contributed by atoms with van der Waals surface area (Å²) in [7, 11) is 1.52. The molecule has 2 saturated heterocycles. The number of thiocarbonyl (C=S) groups is 1. The number of nitrogens with zero attached hydrogens (tertiary/aromatic N) is 2. The molecule has 8 nitrogen and oxygen atoms in total. The number of carbonyl (C=O) groups is 3. The monoisotopic (exact) mass is 580 g/mol. The first-order valence-electron chi connectivity index (χ1n) is 11.7. The Morgan fingerprint density at radius 1 is 1.05 bits per heavy atom. The number of phenolic OH excluding ortho intramolecular Hbond substituents is 1. The predicted octanol–water partition coefficient (Wildman–Crippen LogP) is 5.17. The molecule has 0 spiro atoms. The van der Waals surface area contributed by atoms with Gasteiger partial charge < -0.3 is 14.6 Å². The Hall–Kier alpha value is -3.86. The van der Waals surface area contributed by atoms with Gasteiger partial charge in [0.2, 0.25) is 5.91 Å². The van der Waals surface area contributed by atoms with Crippen LogP contribution in [-0.2, 0) is 21.0 Å². The Bertz CT molecular complexity index is 1510. The number of phenols is 1. The third-order valence-electron chi connectivity index (χ3n) is 6.16. The average molecular weight is 581 g/mol. The van der Waals surface area contributed by atoms with Gasteiger partial charge in [-0.2, -0.15) is 0 Å². The first-order valence-corrected chi connectivity index (χ1v) is 13.3. The van der Waals surface area contributed by atoms with E-state index >= 15 is 0 Å². The third kappa shape index (κ3) is 5.49. The van der Waals surface area contributed by atoms with Crippen molar-refractivity contribution < 1.29 is 29.0 Å². The second-order valence-electron chi connectivity index (χ2n) is 8.68. The van der Waals surface area contributed by atoms with E-state index in [1.165, 1.54) is 36.3 Å². The fourth-order valence-electron chi connectivity index (χ4n) is 4.23. The lowest BCUT2D eigenvalue weighted by molar-refractivity contribution is -0.129. The van der Waals surface area contributed by atoms with Crippen LogP contribution in [0.5, 0.6) is 17.2 Å². The van der Waals surface area contributed by atoms with E-state index in [0.717, 1.165) is 22.2 Å². The third-order valence-corrected chi connectivity index (χ3v) is 7.74. The summed E-state index contributed by atoms with van der Waals surface area (Å²) in [6, 6.07) is 17.2. The quantitative estimate of drug-likeness (QED) is 0.232. The van der Waals surface area contributed by atoms with Crippen molar-refractivity contribution in [3.63, 3.8) is 0 Å². The van der Waals surface area contributed by atoms with Gasteiger partial charge in [0, 0.05) is 5.02 Å². The number of halogens is 1. The molecule has 0 aliphatic carbocycles. The molecule has 2 aliphatic heterocycles. The molecule has 1 atom stereocenters. The number of amides is 3. The van der Waals surface area contributed by atoms with Gasteiger partial charge in [-0.3, -0.25) is 19.3 Å². The molecule has 39 heavy (non-hydrogen) atoms. The Balaban J connectivity index is 1.32. The Morgan fingerprint density at radius 2 is 1.77 bits per heavy atom. The van der Waals surface area contributed by atoms with E-state index in [1.54, 1.807) is 36.4 Å². The van der Waals surface area contributed by atoms with Gasteiger partial charge in [0.15, 0.2) is 11.5 Å². The number of ether oxygens (including phenoxy) is 2. The normalized spacial score (nSPS) is 18.4. The maximum absolute atomic E-state index is 13.3. The van der Waals surface area contributed by atoms with E-state index in [2.05, 4.69) is 0 Å². The zero-order valence-corrected chi connectivity index (χ0v) is 22.9. The number of benzene rings is 3. The van der Waals surface area contributed by atoms with E-state index in [9.17, 15) is 19.5 Å². The molecule has 0 bridgehead atoms. The maximum atomic E-state index is 13.3. The van der Waals surface area contributed by atoms with Crippen molar-refractivity contribution in [2.75, 3.05) is 12.0 Å². The summed E-state index contributed by atoms with van der Waals surface area (Å²) in [4.78, 5) is 41.7. The number of aromatic hydroxyl groups is 1. The molecule has 2 fully saturated rings. The largest absolute Gasteiger partial charge is 0.508 e. The van der Waals surface area contributed by atoms with Crippen molar-refractivity contribution in [2.24, 2.45) is 0 Å². The molecule has 3 aromatic carbocycles. The van der Waals surface area contributed by atoms with Gasteiger partial charge in [0.25, 0.3) is 11.8 Å². The second kappa shape index (κ2) is 11.1. The molecule has 3 amide bonds. The summed E-state index contributed by atoms with van der Waals surface area (Å²) in [5.41, 5.74) is 1.93. The van der Waals surface area contributed by atoms with Gasteiger partial charge in [-0.15, -0.1) is 0 Å². The van der Waals surface area contributed by atoms with Crippen molar-refractivity contribution in [1.29, 1.82) is 0 Å². The minimum atomic E-state index is -1.04. The molecule has 2 heterocycles. The van der Waals surface area contributed by atoms with E-state index < -0.39 is 23.8 Å². The van der Waals surface area contributed by atoms with Crippen LogP contribution in [0, 0.1) is 0 Å². The van der Waals surface area contributed by atoms with Crippen LogP contribution < -0.4 is 14.4 Å². The standard InChI is InChI=1S/C28H21ClN2O6S2/c1-36-23-12-17(4-11-22(23)37-15-16-2-5-18(29)6-3-16)13-24-27(35)31(28(38)39-24)21-14-25(33)30(26(21)34)19-7-9-20(32)10-8-19/h2-13,21,32H,14-15H2,1H3/b24-13-. The van der Waals surface area contributed by atoms with Crippen LogP contribution in [0.1, 0.15) is 17.5 Å². The maximum Gasteiger partial charge on any atom is 0.266 e. The summed E-state index contributed by atoms with van der Waals surface area (Å²) < 4.78 is 11.6. The fraction of sp³-hybridized carbons (Fsp3) is 0.143. The minimum Gasteiger partial charge on any atom is -0.508 e. The van der Waals surface area contributed by atoms with E-state index in [4.69, 9.17) is 33.3 Å². The molecule has 1 N–H and O–H groups in total. The highest BCUT2D eigenvalue weighted by molar-refractivity contribution is 8.26. The molecule has 0 aromatic heterocycles. The Kier molecular flexibility index (Phi) is 7.60. The van der Waals surface area contributed by atoms with Gasteiger partial charge in [-0.25, -0.2) is 4.90 Å². The number of thioether (sulfide) groups is 1. The number of anilines is 1. The highest BCUT2D eigenvalue weighted by Crippen LogP contribution is 2.38. The topological polar surface area (TPSA) is 96.4 Å². The van der Waals surface area contributed by atoms with Crippen molar-refractivity contribution in [1.82, 2.24) is 4.90 Å². The van der Waals surface area contributed by atoms with Crippen LogP contribution in [-0.4, -0.2) is 45.2 Å². The number of hydrogen-bond donors (Lipinski definition) is 1. The number of methoxy groups -OCH3 is 1. The predicted molar refractivity (Wildman–Crippen MR) is 153 cm³/mol. The number of carbonyl (C=O) groups excluding carboxylic acids is 3. The molecule has 0 saturated carbocycles.